The van der Waals surface area contributed by atoms with Crippen LogP contribution in [0.5, 0.6) is 0 Å². The third kappa shape index (κ3) is 6.03. The van der Waals surface area contributed by atoms with E-state index in [0.29, 0.717) is 18.7 Å². The number of nitrogens with one attached hydrogen (secondary N) is 1. The first-order valence-electron chi connectivity index (χ1n) is 10.1. The van der Waals surface area contributed by atoms with Gasteiger partial charge in [-0.05, 0) is 36.3 Å². The molecular weight excluding hydrogens is 376 g/mol. The van der Waals surface area contributed by atoms with E-state index in [0.717, 1.165) is 30.8 Å². The summed E-state index contributed by atoms with van der Waals surface area (Å²) in [6, 6.07) is 18.7. The van der Waals surface area contributed by atoms with Gasteiger partial charge in [-0.25, -0.2) is 0 Å². The average molecular weight is 402 g/mol. The fraction of sp³-hybridized carbons (Fsp3) is 0.292. The third-order valence-corrected chi connectivity index (χ3v) is 5.13. The maximum Gasteiger partial charge on any atom is 0.244 e. The quantitative estimate of drug-likeness (QED) is 0.753. The second-order valence-electron chi connectivity index (χ2n) is 7.38. The molecule has 0 saturated carbocycles. The molecule has 0 aliphatic carbocycles. The van der Waals surface area contributed by atoms with E-state index < -0.39 is 6.04 Å². The van der Waals surface area contributed by atoms with Gasteiger partial charge in [0.1, 0.15) is 6.04 Å². The van der Waals surface area contributed by atoms with Gasteiger partial charge in [0.25, 0.3) is 0 Å². The maximum absolute atomic E-state index is 12.7. The average Bonchev–Trinajstić information content (AvgIpc) is 2.79. The topological polar surface area (TPSA) is 76.4 Å². The van der Waals surface area contributed by atoms with E-state index in [1.54, 1.807) is 17.9 Å². The minimum Gasteiger partial charge on any atom is -0.341 e. The Morgan fingerprint density at radius 3 is 2.37 bits per heavy atom. The molecule has 1 unspecified atom stereocenters. The summed E-state index contributed by atoms with van der Waals surface area (Å²) < 4.78 is 0. The van der Waals surface area contributed by atoms with Crippen LogP contribution in [0.15, 0.2) is 60.7 Å². The van der Waals surface area contributed by atoms with Gasteiger partial charge in [0, 0.05) is 38.8 Å². The van der Waals surface area contributed by atoms with Crippen LogP contribution in [-0.2, 0) is 16.1 Å². The number of amides is 2. The van der Waals surface area contributed by atoms with Crippen LogP contribution >= 0.6 is 0 Å². The molecule has 1 heterocycles. The van der Waals surface area contributed by atoms with Gasteiger partial charge in [-0.1, -0.05) is 42.5 Å². The van der Waals surface area contributed by atoms with Gasteiger partial charge in [0.15, 0.2) is 0 Å². The number of rotatable bonds is 6. The van der Waals surface area contributed by atoms with Crippen molar-refractivity contribution in [2.75, 3.05) is 26.2 Å². The predicted molar refractivity (Wildman–Crippen MR) is 116 cm³/mol. The molecule has 2 aromatic rings. The summed E-state index contributed by atoms with van der Waals surface area (Å²) in [6.07, 6.45) is 3.18. The van der Waals surface area contributed by atoms with Crippen LogP contribution < -0.4 is 5.32 Å². The van der Waals surface area contributed by atoms with Gasteiger partial charge >= 0.3 is 0 Å². The van der Waals surface area contributed by atoms with Crippen LogP contribution in [0.2, 0.25) is 0 Å². The maximum atomic E-state index is 12.7. The standard InChI is InChI=1S/C24H26N4O2/c1-19(26-23(29)12-11-20-5-3-2-4-6-20)24(30)28-15-13-27(14-16-28)18-22-9-7-21(17-25)8-10-22/h2-12,19H,13-16,18H2,1H3,(H,26,29)/b12-11+. The molecule has 1 atom stereocenters. The van der Waals surface area contributed by atoms with E-state index in [1.807, 2.05) is 54.6 Å². The lowest BCUT2D eigenvalue weighted by Crippen LogP contribution is -2.53. The molecule has 6 nitrogen and oxygen atoms in total. The monoisotopic (exact) mass is 402 g/mol. The Morgan fingerprint density at radius 1 is 1.07 bits per heavy atom. The fourth-order valence-corrected chi connectivity index (χ4v) is 3.40. The Balaban J connectivity index is 1.44. The summed E-state index contributed by atoms with van der Waals surface area (Å²) in [5, 5.41) is 11.6. The van der Waals surface area contributed by atoms with E-state index in [9.17, 15) is 9.59 Å². The van der Waals surface area contributed by atoms with Crippen LogP contribution in [0.25, 0.3) is 6.08 Å². The van der Waals surface area contributed by atoms with Crippen LogP contribution in [0.1, 0.15) is 23.6 Å². The Labute approximate surface area is 177 Å². The number of benzene rings is 2. The molecule has 0 aromatic heterocycles. The minimum atomic E-state index is -0.567. The molecule has 2 amide bonds. The molecule has 1 saturated heterocycles. The van der Waals surface area contributed by atoms with Gasteiger partial charge in [-0.3, -0.25) is 14.5 Å². The first-order valence-corrected chi connectivity index (χ1v) is 10.1. The SMILES string of the molecule is CC(NC(=O)/C=C/c1ccccc1)C(=O)N1CCN(Cc2ccc(C#N)cc2)CC1. The lowest BCUT2D eigenvalue weighted by molar-refractivity contribution is -0.136. The van der Waals surface area contributed by atoms with E-state index in [4.69, 9.17) is 5.26 Å². The molecule has 0 bridgehead atoms. The van der Waals surface area contributed by atoms with Crippen molar-refractivity contribution in [1.82, 2.24) is 15.1 Å². The molecule has 30 heavy (non-hydrogen) atoms. The van der Waals surface area contributed by atoms with Gasteiger partial charge in [0.05, 0.1) is 11.6 Å². The zero-order valence-corrected chi connectivity index (χ0v) is 17.1. The van der Waals surface area contributed by atoms with E-state index in [-0.39, 0.29) is 11.8 Å². The highest BCUT2D eigenvalue weighted by molar-refractivity contribution is 5.95. The lowest BCUT2D eigenvalue weighted by atomic mass is 10.1. The number of nitriles is 1. The smallest absolute Gasteiger partial charge is 0.244 e. The van der Waals surface area contributed by atoms with Crippen molar-refractivity contribution in [3.63, 3.8) is 0 Å². The Morgan fingerprint density at radius 2 is 1.73 bits per heavy atom. The van der Waals surface area contributed by atoms with E-state index >= 15 is 0 Å². The van der Waals surface area contributed by atoms with E-state index in [2.05, 4.69) is 16.3 Å². The summed E-state index contributed by atoms with van der Waals surface area (Å²) in [6.45, 7) is 5.34. The van der Waals surface area contributed by atoms with Gasteiger partial charge < -0.3 is 10.2 Å². The van der Waals surface area contributed by atoms with Crippen molar-refractivity contribution in [3.8, 4) is 6.07 Å². The van der Waals surface area contributed by atoms with E-state index in [1.165, 1.54) is 6.08 Å². The lowest BCUT2D eigenvalue weighted by Gasteiger charge is -2.36. The Hall–Kier alpha value is -3.43. The highest BCUT2D eigenvalue weighted by Crippen LogP contribution is 2.11. The number of nitrogens with zero attached hydrogens (tertiary/aromatic N) is 3. The number of piperazine rings is 1. The number of hydrogen-bond donors (Lipinski definition) is 1. The molecule has 154 valence electrons. The molecule has 1 aliphatic heterocycles. The van der Waals surface area contributed by atoms with Crippen molar-refractivity contribution in [1.29, 1.82) is 5.26 Å². The summed E-state index contributed by atoms with van der Waals surface area (Å²) >= 11 is 0. The van der Waals surface area contributed by atoms with Gasteiger partial charge in [-0.2, -0.15) is 5.26 Å². The fourth-order valence-electron chi connectivity index (χ4n) is 3.40. The van der Waals surface area contributed by atoms with Crippen molar-refractivity contribution in [2.45, 2.75) is 19.5 Å². The first-order chi connectivity index (χ1) is 14.5. The van der Waals surface area contributed by atoms with Crippen molar-refractivity contribution < 1.29 is 9.59 Å². The molecule has 1 aliphatic rings. The van der Waals surface area contributed by atoms with Crippen molar-refractivity contribution in [2.24, 2.45) is 0 Å². The van der Waals surface area contributed by atoms with Gasteiger partial charge in [-0.15, -0.1) is 0 Å². The normalized spacial score (nSPS) is 15.5. The third-order valence-electron chi connectivity index (χ3n) is 5.13. The summed E-state index contributed by atoms with van der Waals surface area (Å²) in [7, 11) is 0. The van der Waals surface area contributed by atoms with Crippen LogP contribution in [0.4, 0.5) is 0 Å². The summed E-state index contributed by atoms with van der Waals surface area (Å²) in [4.78, 5) is 28.9. The van der Waals surface area contributed by atoms with Crippen LogP contribution in [-0.4, -0.2) is 53.8 Å². The molecule has 1 N–H and O–H groups in total. The number of carbonyl (C=O) groups is 2. The second-order valence-corrected chi connectivity index (χ2v) is 7.38. The Kier molecular flexibility index (Phi) is 7.36. The zero-order valence-electron chi connectivity index (χ0n) is 17.1. The molecule has 2 aromatic carbocycles. The van der Waals surface area contributed by atoms with Crippen molar-refractivity contribution >= 4 is 17.9 Å². The first kappa shape index (κ1) is 21.3. The number of hydrogen-bond acceptors (Lipinski definition) is 4. The Bertz CT molecular complexity index is 924. The predicted octanol–water partition coefficient (Wildman–Crippen LogP) is 2.42. The van der Waals surface area contributed by atoms with Gasteiger partial charge in [0.2, 0.25) is 11.8 Å². The molecule has 0 radical (unpaired) electrons. The van der Waals surface area contributed by atoms with Crippen molar-refractivity contribution in [3.05, 3.63) is 77.4 Å². The molecule has 1 fully saturated rings. The molecule has 6 heteroatoms. The zero-order chi connectivity index (χ0) is 21.3. The largest absolute Gasteiger partial charge is 0.341 e. The molecular formula is C24H26N4O2. The highest BCUT2D eigenvalue weighted by Gasteiger charge is 2.25. The minimum absolute atomic E-state index is 0.0607. The highest BCUT2D eigenvalue weighted by atomic mass is 16.2. The molecule has 3 rings (SSSR count). The number of carbonyl (C=O) groups excluding carboxylic acids is 2. The summed E-state index contributed by atoms with van der Waals surface area (Å²) in [5.41, 5.74) is 2.74. The second kappa shape index (κ2) is 10.4. The van der Waals surface area contributed by atoms with Crippen LogP contribution in [0.3, 0.4) is 0 Å². The summed E-state index contributed by atoms with van der Waals surface area (Å²) in [5.74, 6) is -0.339. The molecule has 0 spiro atoms. The van der Waals surface area contributed by atoms with Crippen LogP contribution in [0, 0.1) is 11.3 Å².